The van der Waals surface area contributed by atoms with Gasteiger partial charge in [0.05, 0.1) is 23.8 Å². The normalized spacial score (nSPS) is 19.9. The number of amides is 1. The number of nitrogens with one attached hydrogen (secondary N) is 1. The second kappa shape index (κ2) is 10.9. The molecule has 0 aliphatic heterocycles. The van der Waals surface area contributed by atoms with Gasteiger partial charge < -0.3 is 9.88 Å². The van der Waals surface area contributed by atoms with Crippen LogP contribution in [0.5, 0.6) is 0 Å². The quantitative estimate of drug-likeness (QED) is 0.290. The van der Waals surface area contributed by atoms with Crippen LogP contribution in [0.2, 0.25) is 0 Å². The summed E-state index contributed by atoms with van der Waals surface area (Å²) in [5.41, 5.74) is 6.39. The minimum Gasteiger partial charge on any atom is -0.349 e. The highest BCUT2D eigenvalue weighted by molar-refractivity contribution is 7.98. The van der Waals surface area contributed by atoms with Gasteiger partial charge in [0, 0.05) is 23.6 Å². The number of hydrogen-bond donors (Lipinski definition) is 1. The largest absolute Gasteiger partial charge is 0.349 e. The second-order valence-electron chi connectivity index (χ2n) is 10.2. The van der Waals surface area contributed by atoms with Gasteiger partial charge in [-0.05, 0) is 54.5 Å². The fourth-order valence-corrected chi connectivity index (χ4v) is 6.11. The van der Waals surface area contributed by atoms with E-state index in [0.29, 0.717) is 11.8 Å². The number of rotatable bonds is 7. The number of carbonyl (C=O) groups excluding carboxylic acids is 1. The van der Waals surface area contributed by atoms with E-state index in [4.69, 9.17) is 4.98 Å². The predicted molar refractivity (Wildman–Crippen MR) is 147 cm³/mol. The Morgan fingerprint density at radius 3 is 2.72 bits per heavy atom. The van der Waals surface area contributed by atoms with E-state index < -0.39 is 0 Å². The molecule has 0 unspecified atom stereocenters. The number of nitrogens with zero attached hydrogens (tertiary/aromatic N) is 3. The first-order chi connectivity index (χ1) is 17.5. The van der Waals surface area contributed by atoms with Crippen molar-refractivity contribution in [3.8, 4) is 0 Å². The van der Waals surface area contributed by atoms with E-state index in [1.807, 2.05) is 24.4 Å². The molecule has 5 nitrogen and oxygen atoms in total. The highest BCUT2D eigenvalue weighted by Crippen LogP contribution is 2.30. The van der Waals surface area contributed by atoms with E-state index in [0.717, 1.165) is 40.5 Å². The first-order valence-corrected chi connectivity index (χ1v) is 13.8. The minimum absolute atomic E-state index is 0.0348. The summed E-state index contributed by atoms with van der Waals surface area (Å²) in [6.07, 6.45) is 7.21. The number of carbonyl (C=O) groups is 1. The summed E-state index contributed by atoms with van der Waals surface area (Å²) < 4.78 is 2.25. The van der Waals surface area contributed by atoms with Gasteiger partial charge in [0.1, 0.15) is 0 Å². The lowest BCUT2D eigenvalue weighted by atomic mass is 9.78. The fourth-order valence-electron chi connectivity index (χ4n) is 5.14. The molecule has 0 saturated heterocycles. The molecule has 1 aliphatic carbocycles. The Bertz CT molecular complexity index is 1350. The summed E-state index contributed by atoms with van der Waals surface area (Å²) in [5.74, 6) is 2.00. The number of pyridine rings is 1. The van der Waals surface area contributed by atoms with Crippen molar-refractivity contribution in [1.82, 2.24) is 19.9 Å². The molecule has 1 aliphatic rings. The molecule has 4 aromatic rings. The Morgan fingerprint density at radius 2 is 1.92 bits per heavy atom. The number of thioether (sulfide) groups is 1. The van der Waals surface area contributed by atoms with Crippen molar-refractivity contribution in [2.75, 3.05) is 0 Å². The molecule has 6 heteroatoms. The Kier molecular flexibility index (Phi) is 7.42. The van der Waals surface area contributed by atoms with E-state index in [9.17, 15) is 4.79 Å². The molecule has 0 radical (unpaired) electrons. The molecule has 36 heavy (non-hydrogen) atoms. The molecule has 1 fully saturated rings. The van der Waals surface area contributed by atoms with Crippen LogP contribution in [0.15, 0.2) is 72.1 Å². The lowest BCUT2D eigenvalue weighted by Gasteiger charge is -2.34. The molecule has 1 saturated carbocycles. The Labute approximate surface area is 217 Å². The standard InChI is InChI=1S/C30H34N4OS/c1-20-6-4-8-24(16-20)18-34-28-17-31-15-14-27(28)33-30(34)36-19-23-10-12-25(13-11-23)29(35)32-26-9-5-7-21(2)22(26)3/h4,6,8,10-17,21-22,26H,5,7,9,18-19H2,1-3H3,(H,32,35)/t21-,22-,26+/m0/s1. The van der Waals surface area contributed by atoms with E-state index >= 15 is 0 Å². The SMILES string of the molecule is Cc1cccc(Cn2c(SCc3ccc(C(=O)N[C@@H]4CCC[C@H](C)[C@@H]4C)cc3)nc3ccncc32)c1. The van der Waals surface area contributed by atoms with Crippen molar-refractivity contribution >= 4 is 28.7 Å². The third kappa shape index (κ3) is 5.49. The summed E-state index contributed by atoms with van der Waals surface area (Å²) in [4.78, 5) is 22.1. The molecule has 0 spiro atoms. The van der Waals surface area contributed by atoms with Crippen LogP contribution < -0.4 is 5.32 Å². The second-order valence-corrected chi connectivity index (χ2v) is 11.1. The van der Waals surface area contributed by atoms with Gasteiger partial charge in [-0.3, -0.25) is 9.78 Å². The summed E-state index contributed by atoms with van der Waals surface area (Å²) in [7, 11) is 0. The molecular weight excluding hydrogens is 464 g/mol. The average molecular weight is 499 g/mol. The molecule has 5 rings (SSSR count). The summed E-state index contributed by atoms with van der Waals surface area (Å²) in [6, 6.07) is 18.8. The van der Waals surface area contributed by atoms with Crippen molar-refractivity contribution in [3.63, 3.8) is 0 Å². The Balaban J connectivity index is 1.27. The summed E-state index contributed by atoms with van der Waals surface area (Å²) in [5, 5.41) is 4.25. The molecule has 2 heterocycles. The Morgan fingerprint density at radius 1 is 1.08 bits per heavy atom. The third-order valence-electron chi connectivity index (χ3n) is 7.55. The number of imidazole rings is 1. The van der Waals surface area contributed by atoms with Crippen molar-refractivity contribution in [1.29, 1.82) is 0 Å². The number of benzene rings is 2. The lowest BCUT2D eigenvalue weighted by Crippen LogP contribution is -2.43. The summed E-state index contributed by atoms with van der Waals surface area (Å²) >= 11 is 1.72. The van der Waals surface area contributed by atoms with Crippen LogP contribution in [0.25, 0.3) is 11.0 Å². The van der Waals surface area contributed by atoms with Crippen LogP contribution in [0.1, 0.15) is 60.2 Å². The van der Waals surface area contributed by atoms with Gasteiger partial charge in [0.15, 0.2) is 5.16 Å². The highest BCUT2D eigenvalue weighted by atomic mass is 32.2. The van der Waals surface area contributed by atoms with Crippen LogP contribution in [0.4, 0.5) is 0 Å². The molecule has 1 N–H and O–H groups in total. The van der Waals surface area contributed by atoms with Gasteiger partial charge >= 0.3 is 0 Å². The number of aromatic nitrogens is 3. The van der Waals surface area contributed by atoms with Gasteiger partial charge in [-0.1, -0.05) is 80.4 Å². The van der Waals surface area contributed by atoms with Gasteiger partial charge in [-0.25, -0.2) is 4.98 Å². The number of aryl methyl sites for hydroxylation is 1. The van der Waals surface area contributed by atoms with Gasteiger partial charge in [0.25, 0.3) is 5.91 Å². The number of fused-ring (bicyclic) bond motifs is 1. The van der Waals surface area contributed by atoms with Crippen LogP contribution in [-0.2, 0) is 12.3 Å². The van der Waals surface area contributed by atoms with E-state index in [2.05, 4.69) is 72.0 Å². The molecule has 2 aromatic heterocycles. The Hall–Kier alpha value is -3.12. The molecule has 186 valence electrons. The highest BCUT2D eigenvalue weighted by Gasteiger charge is 2.28. The molecule has 0 bridgehead atoms. The molecular formula is C30H34N4OS. The molecule has 3 atom stereocenters. The van der Waals surface area contributed by atoms with E-state index in [-0.39, 0.29) is 11.9 Å². The van der Waals surface area contributed by atoms with Gasteiger partial charge in [0.2, 0.25) is 0 Å². The zero-order valence-electron chi connectivity index (χ0n) is 21.3. The lowest BCUT2D eigenvalue weighted by molar-refractivity contribution is 0.0891. The zero-order chi connectivity index (χ0) is 25.1. The maximum Gasteiger partial charge on any atom is 0.251 e. The molecule has 1 amide bonds. The average Bonchev–Trinajstić information content (AvgIpc) is 3.23. The number of hydrogen-bond acceptors (Lipinski definition) is 4. The minimum atomic E-state index is 0.0348. The van der Waals surface area contributed by atoms with Crippen LogP contribution in [0, 0.1) is 18.8 Å². The first kappa shape index (κ1) is 24.6. The fraction of sp³-hybridized carbons (Fsp3) is 0.367. The maximum atomic E-state index is 12.9. The van der Waals surface area contributed by atoms with Crippen molar-refractivity contribution in [2.24, 2.45) is 11.8 Å². The van der Waals surface area contributed by atoms with Gasteiger partial charge in [-0.15, -0.1) is 0 Å². The van der Waals surface area contributed by atoms with Crippen LogP contribution in [0.3, 0.4) is 0 Å². The summed E-state index contributed by atoms with van der Waals surface area (Å²) in [6.45, 7) is 7.43. The van der Waals surface area contributed by atoms with E-state index in [1.165, 1.54) is 29.5 Å². The zero-order valence-corrected chi connectivity index (χ0v) is 22.1. The first-order valence-electron chi connectivity index (χ1n) is 12.9. The predicted octanol–water partition coefficient (Wildman–Crippen LogP) is 6.63. The van der Waals surface area contributed by atoms with Crippen molar-refractivity contribution in [3.05, 3.63) is 89.2 Å². The van der Waals surface area contributed by atoms with E-state index in [1.54, 1.807) is 18.0 Å². The molecule has 2 aromatic carbocycles. The third-order valence-corrected chi connectivity index (χ3v) is 8.59. The maximum absolute atomic E-state index is 12.9. The van der Waals surface area contributed by atoms with Crippen molar-refractivity contribution in [2.45, 2.75) is 63.5 Å². The van der Waals surface area contributed by atoms with Gasteiger partial charge in [-0.2, -0.15) is 0 Å². The smallest absolute Gasteiger partial charge is 0.251 e. The van der Waals surface area contributed by atoms with Crippen molar-refractivity contribution < 1.29 is 4.79 Å². The topological polar surface area (TPSA) is 59.8 Å². The monoisotopic (exact) mass is 498 g/mol. The van der Waals surface area contributed by atoms with Crippen LogP contribution in [-0.4, -0.2) is 26.5 Å². The van der Waals surface area contributed by atoms with Crippen LogP contribution >= 0.6 is 11.8 Å².